The van der Waals surface area contributed by atoms with E-state index in [1.165, 1.54) is 0 Å². The van der Waals surface area contributed by atoms with Gasteiger partial charge in [0.05, 0.1) is 18.1 Å². The highest BCUT2D eigenvalue weighted by atomic mass is 32.2. The van der Waals surface area contributed by atoms with Crippen LogP contribution in [0, 0.1) is 0 Å². The molecule has 30 heavy (non-hydrogen) atoms. The summed E-state index contributed by atoms with van der Waals surface area (Å²) in [5, 5.41) is 2.79. The molecule has 2 aromatic rings. The summed E-state index contributed by atoms with van der Waals surface area (Å²) in [6.07, 6.45) is 0.968. The minimum Gasteiger partial charge on any atom is -0.490 e. The largest absolute Gasteiger partial charge is 0.490 e. The number of hydrogen-bond acceptors (Lipinski definition) is 5. The van der Waals surface area contributed by atoms with Gasteiger partial charge in [-0.2, -0.15) is 0 Å². The van der Waals surface area contributed by atoms with Crippen LogP contribution in [-0.4, -0.2) is 40.6 Å². The number of carbonyl (C=O) groups excluding carboxylic acids is 1. The van der Waals surface area contributed by atoms with Crippen LogP contribution >= 0.6 is 0 Å². The van der Waals surface area contributed by atoms with Gasteiger partial charge in [0.25, 0.3) is 0 Å². The molecule has 0 bridgehead atoms. The summed E-state index contributed by atoms with van der Waals surface area (Å²) in [5.74, 6) is 1.47. The summed E-state index contributed by atoms with van der Waals surface area (Å²) in [5.41, 5.74) is 1.92. The summed E-state index contributed by atoms with van der Waals surface area (Å²) in [4.78, 5) is 11.6. The number of ether oxygens (including phenoxy) is 2. The van der Waals surface area contributed by atoms with Gasteiger partial charge in [-0.15, -0.1) is 0 Å². The lowest BCUT2D eigenvalue weighted by Gasteiger charge is -2.13. The quantitative estimate of drug-likeness (QED) is 0.602. The van der Waals surface area contributed by atoms with Gasteiger partial charge in [-0.1, -0.05) is 18.2 Å². The smallest absolute Gasteiger partial charge is 0.240 e. The molecule has 7 nitrogen and oxygen atoms in total. The molecule has 0 aromatic heterocycles. The van der Waals surface area contributed by atoms with Crippen LogP contribution in [0.4, 0.5) is 0 Å². The highest BCUT2D eigenvalue weighted by Crippen LogP contribution is 2.29. The third-order valence-corrected chi connectivity index (χ3v) is 6.43. The van der Waals surface area contributed by atoms with Crippen LogP contribution in [-0.2, 0) is 21.2 Å². The number of nitrogens with one attached hydrogen (secondary N) is 2. The van der Waals surface area contributed by atoms with Gasteiger partial charge in [0.15, 0.2) is 11.5 Å². The van der Waals surface area contributed by atoms with Crippen molar-refractivity contribution in [3.05, 3.63) is 53.6 Å². The van der Waals surface area contributed by atoms with Crippen molar-refractivity contribution in [3.63, 3.8) is 0 Å². The second-order valence-corrected chi connectivity index (χ2v) is 8.84. The number of carbonyl (C=O) groups is 1. The lowest BCUT2D eigenvalue weighted by molar-refractivity contribution is -0.119. The van der Waals surface area contributed by atoms with Crippen molar-refractivity contribution in [1.82, 2.24) is 10.0 Å². The monoisotopic (exact) mass is 432 g/mol. The molecule has 2 N–H and O–H groups in total. The van der Waals surface area contributed by atoms with Gasteiger partial charge in [-0.25, -0.2) is 13.1 Å². The van der Waals surface area contributed by atoms with Crippen molar-refractivity contribution in [2.45, 2.75) is 37.5 Å². The molecule has 8 heteroatoms. The zero-order chi connectivity index (χ0) is 21.6. The Morgan fingerprint density at radius 2 is 1.73 bits per heavy atom. The van der Waals surface area contributed by atoms with Gasteiger partial charge in [-0.05, 0) is 55.7 Å². The van der Waals surface area contributed by atoms with E-state index in [1.54, 1.807) is 24.3 Å². The number of sulfonamides is 1. The van der Waals surface area contributed by atoms with E-state index in [0.29, 0.717) is 44.1 Å². The molecule has 0 saturated carbocycles. The van der Waals surface area contributed by atoms with Crippen molar-refractivity contribution in [2.75, 3.05) is 26.3 Å². The molecule has 0 spiro atoms. The van der Waals surface area contributed by atoms with Crippen molar-refractivity contribution < 1.29 is 22.7 Å². The molecular weight excluding hydrogens is 404 g/mol. The standard InChI is InChI=1S/C22H28N2O5S/c1-3-28-20-10-5-16(13-21(20)29-4-2)11-12-24-30(26,27)19-8-6-17(7-9-19)18-14-22(25)23-15-18/h5-10,13,18,24H,3-4,11-12,14-15H2,1-2H3,(H,23,25)/t18-/m0/s1. The molecule has 1 fully saturated rings. The van der Waals surface area contributed by atoms with Crippen molar-refractivity contribution in [1.29, 1.82) is 0 Å². The lowest BCUT2D eigenvalue weighted by atomic mass is 9.99. The Hall–Kier alpha value is -2.58. The molecule has 1 atom stereocenters. The maximum absolute atomic E-state index is 12.6. The molecule has 162 valence electrons. The molecule has 1 heterocycles. The fourth-order valence-electron chi connectivity index (χ4n) is 3.42. The Morgan fingerprint density at radius 1 is 1.03 bits per heavy atom. The number of benzene rings is 2. The molecule has 1 aliphatic heterocycles. The first-order valence-corrected chi connectivity index (χ1v) is 11.7. The Balaban J connectivity index is 1.59. The minimum atomic E-state index is -3.61. The Kier molecular flexibility index (Phi) is 7.33. The summed E-state index contributed by atoms with van der Waals surface area (Å²) in [7, 11) is -3.61. The van der Waals surface area contributed by atoms with Gasteiger partial charge in [-0.3, -0.25) is 4.79 Å². The summed E-state index contributed by atoms with van der Waals surface area (Å²) < 4.78 is 39.0. The fourth-order valence-corrected chi connectivity index (χ4v) is 4.46. The minimum absolute atomic E-state index is 0.0279. The number of rotatable bonds is 10. The lowest BCUT2D eigenvalue weighted by Crippen LogP contribution is -2.26. The molecular formula is C22H28N2O5S. The molecule has 3 rings (SSSR count). The van der Waals surface area contributed by atoms with E-state index in [9.17, 15) is 13.2 Å². The molecule has 2 aromatic carbocycles. The highest BCUT2D eigenvalue weighted by molar-refractivity contribution is 7.89. The molecule has 0 aliphatic carbocycles. The van der Waals surface area contributed by atoms with Crippen molar-refractivity contribution >= 4 is 15.9 Å². The average Bonchev–Trinajstić information content (AvgIpc) is 3.16. The fraction of sp³-hybridized carbons (Fsp3) is 0.409. The zero-order valence-corrected chi connectivity index (χ0v) is 18.1. The Morgan fingerprint density at radius 3 is 2.37 bits per heavy atom. The first kappa shape index (κ1) is 22.1. The second kappa shape index (κ2) is 9.95. The van der Waals surface area contributed by atoms with E-state index < -0.39 is 10.0 Å². The SMILES string of the molecule is CCOc1ccc(CCNS(=O)(=O)c2ccc([C@@H]3CNC(=O)C3)cc2)cc1OCC. The highest BCUT2D eigenvalue weighted by Gasteiger charge is 2.23. The molecule has 0 radical (unpaired) electrons. The van der Waals surface area contributed by atoms with E-state index in [0.717, 1.165) is 11.1 Å². The van der Waals surface area contributed by atoms with E-state index >= 15 is 0 Å². The molecule has 0 unspecified atom stereocenters. The third kappa shape index (κ3) is 5.52. The number of amides is 1. The molecule has 1 saturated heterocycles. The van der Waals surface area contributed by atoms with Crippen LogP contribution in [0.1, 0.15) is 37.3 Å². The van der Waals surface area contributed by atoms with Crippen LogP contribution < -0.4 is 19.5 Å². The van der Waals surface area contributed by atoms with Gasteiger partial charge < -0.3 is 14.8 Å². The van der Waals surface area contributed by atoms with Gasteiger partial charge in [0.2, 0.25) is 15.9 Å². The zero-order valence-electron chi connectivity index (χ0n) is 17.3. The van der Waals surface area contributed by atoms with Crippen molar-refractivity contribution in [2.24, 2.45) is 0 Å². The second-order valence-electron chi connectivity index (χ2n) is 7.07. The van der Waals surface area contributed by atoms with E-state index in [4.69, 9.17) is 9.47 Å². The normalized spacial score (nSPS) is 16.3. The van der Waals surface area contributed by atoms with E-state index in [-0.39, 0.29) is 23.3 Å². The first-order valence-electron chi connectivity index (χ1n) is 10.2. The maximum atomic E-state index is 12.6. The van der Waals surface area contributed by atoms with Gasteiger partial charge >= 0.3 is 0 Å². The summed E-state index contributed by atoms with van der Waals surface area (Å²) in [6.45, 7) is 5.75. The van der Waals surface area contributed by atoms with Crippen LogP contribution in [0.25, 0.3) is 0 Å². The Labute approximate surface area is 177 Å². The average molecular weight is 433 g/mol. The van der Waals surface area contributed by atoms with E-state index in [1.807, 2.05) is 32.0 Å². The van der Waals surface area contributed by atoms with Gasteiger partial charge in [0.1, 0.15) is 0 Å². The van der Waals surface area contributed by atoms with Crippen LogP contribution in [0.3, 0.4) is 0 Å². The van der Waals surface area contributed by atoms with Crippen molar-refractivity contribution in [3.8, 4) is 11.5 Å². The van der Waals surface area contributed by atoms with Crippen LogP contribution in [0.2, 0.25) is 0 Å². The summed E-state index contributed by atoms with van der Waals surface area (Å²) in [6, 6.07) is 12.4. The Bertz CT molecular complexity index is 974. The summed E-state index contributed by atoms with van der Waals surface area (Å²) >= 11 is 0. The topological polar surface area (TPSA) is 93.7 Å². The molecule has 1 amide bonds. The predicted molar refractivity (Wildman–Crippen MR) is 114 cm³/mol. The third-order valence-electron chi connectivity index (χ3n) is 4.95. The number of hydrogen-bond donors (Lipinski definition) is 2. The van der Waals surface area contributed by atoms with Crippen LogP contribution in [0.15, 0.2) is 47.4 Å². The van der Waals surface area contributed by atoms with E-state index in [2.05, 4.69) is 10.0 Å². The van der Waals surface area contributed by atoms with Crippen LogP contribution in [0.5, 0.6) is 11.5 Å². The van der Waals surface area contributed by atoms with Gasteiger partial charge in [0, 0.05) is 25.4 Å². The maximum Gasteiger partial charge on any atom is 0.240 e. The first-order chi connectivity index (χ1) is 14.4. The predicted octanol–water partition coefficient (Wildman–Crippen LogP) is 2.61. The molecule has 1 aliphatic rings.